The van der Waals surface area contributed by atoms with Crippen LogP contribution in [0.15, 0.2) is 54.6 Å². The van der Waals surface area contributed by atoms with Gasteiger partial charge in [-0.1, -0.05) is 48.5 Å². The molecular formula is C19H24O. The summed E-state index contributed by atoms with van der Waals surface area (Å²) in [6.45, 7) is 4.15. The first-order valence-electron chi connectivity index (χ1n) is 7.54. The predicted octanol–water partition coefficient (Wildman–Crippen LogP) is 5.04. The van der Waals surface area contributed by atoms with Crippen LogP contribution in [0, 0.1) is 0 Å². The highest BCUT2D eigenvalue weighted by molar-refractivity contribution is 5.33. The molecule has 20 heavy (non-hydrogen) atoms. The molecule has 0 fully saturated rings. The molecule has 0 saturated carbocycles. The second kappa shape index (κ2) is 7.74. The van der Waals surface area contributed by atoms with Crippen molar-refractivity contribution in [3.05, 3.63) is 65.7 Å². The lowest BCUT2D eigenvalue weighted by molar-refractivity contribution is 0.240. The van der Waals surface area contributed by atoms with Crippen LogP contribution in [0.5, 0.6) is 5.75 Å². The molecule has 0 amide bonds. The number of unbranched alkanes of at least 4 members (excludes halogenated alkanes) is 1. The number of para-hydroxylation sites is 1. The SMILES string of the molecule is CC(C)Oc1ccccc1CCCCc1ccccc1. The second-order valence-electron chi connectivity index (χ2n) is 5.47. The number of rotatable bonds is 7. The Morgan fingerprint density at radius 3 is 2.20 bits per heavy atom. The van der Waals surface area contributed by atoms with E-state index in [0.717, 1.165) is 18.6 Å². The molecule has 0 atom stereocenters. The van der Waals surface area contributed by atoms with Gasteiger partial charge in [-0.3, -0.25) is 0 Å². The van der Waals surface area contributed by atoms with E-state index in [-0.39, 0.29) is 6.10 Å². The van der Waals surface area contributed by atoms with E-state index < -0.39 is 0 Å². The molecule has 0 heterocycles. The summed E-state index contributed by atoms with van der Waals surface area (Å²) in [6, 6.07) is 19.1. The first-order chi connectivity index (χ1) is 9.75. The average molecular weight is 268 g/mol. The van der Waals surface area contributed by atoms with Crippen LogP contribution < -0.4 is 4.74 Å². The Labute approximate surface area is 122 Å². The van der Waals surface area contributed by atoms with Gasteiger partial charge in [-0.05, 0) is 56.7 Å². The van der Waals surface area contributed by atoms with Crippen LogP contribution in [0.2, 0.25) is 0 Å². The van der Waals surface area contributed by atoms with E-state index >= 15 is 0 Å². The van der Waals surface area contributed by atoms with Gasteiger partial charge in [-0.15, -0.1) is 0 Å². The summed E-state index contributed by atoms with van der Waals surface area (Å²) in [5.41, 5.74) is 2.76. The summed E-state index contributed by atoms with van der Waals surface area (Å²) < 4.78 is 5.86. The Morgan fingerprint density at radius 1 is 0.800 bits per heavy atom. The molecule has 0 aliphatic carbocycles. The van der Waals surface area contributed by atoms with Crippen molar-refractivity contribution in [2.75, 3.05) is 0 Å². The standard InChI is InChI=1S/C19H24O/c1-16(2)20-19-15-9-8-14-18(19)13-7-6-12-17-10-4-3-5-11-17/h3-5,8-11,14-16H,6-7,12-13H2,1-2H3. The van der Waals surface area contributed by atoms with E-state index in [0.29, 0.717) is 0 Å². The molecule has 0 bridgehead atoms. The topological polar surface area (TPSA) is 9.23 Å². The maximum atomic E-state index is 5.86. The summed E-state index contributed by atoms with van der Waals surface area (Å²) in [5.74, 6) is 1.04. The molecular weight excluding hydrogens is 244 g/mol. The van der Waals surface area contributed by atoms with Crippen LogP contribution in [-0.4, -0.2) is 6.10 Å². The normalized spacial score (nSPS) is 10.8. The van der Waals surface area contributed by atoms with Crippen molar-refractivity contribution in [1.29, 1.82) is 0 Å². The lowest BCUT2D eigenvalue weighted by atomic mass is 10.0. The van der Waals surface area contributed by atoms with Crippen LogP contribution >= 0.6 is 0 Å². The van der Waals surface area contributed by atoms with Gasteiger partial charge in [0.15, 0.2) is 0 Å². The third kappa shape index (κ3) is 4.73. The summed E-state index contributed by atoms with van der Waals surface area (Å²) >= 11 is 0. The molecule has 0 aromatic heterocycles. The Balaban J connectivity index is 1.82. The molecule has 2 aromatic rings. The van der Waals surface area contributed by atoms with E-state index in [9.17, 15) is 0 Å². The fourth-order valence-electron chi connectivity index (χ4n) is 2.37. The molecule has 106 valence electrons. The van der Waals surface area contributed by atoms with Crippen molar-refractivity contribution in [2.24, 2.45) is 0 Å². The van der Waals surface area contributed by atoms with Crippen molar-refractivity contribution >= 4 is 0 Å². The minimum absolute atomic E-state index is 0.237. The molecule has 0 spiro atoms. The number of hydrogen-bond donors (Lipinski definition) is 0. The van der Waals surface area contributed by atoms with Crippen molar-refractivity contribution in [2.45, 2.75) is 45.6 Å². The molecule has 2 aromatic carbocycles. The van der Waals surface area contributed by atoms with Crippen LogP contribution in [0.25, 0.3) is 0 Å². The van der Waals surface area contributed by atoms with Crippen LogP contribution in [0.1, 0.15) is 37.8 Å². The van der Waals surface area contributed by atoms with Gasteiger partial charge >= 0.3 is 0 Å². The Hall–Kier alpha value is -1.76. The monoisotopic (exact) mass is 268 g/mol. The van der Waals surface area contributed by atoms with Gasteiger partial charge in [-0.25, -0.2) is 0 Å². The second-order valence-corrected chi connectivity index (χ2v) is 5.47. The van der Waals surface area contributed by atoms with Crippen molar-refractivity contribution in [1.82, 2.24) is 0 Å². The van der Waals surface area contributed by atoms with E-state index in [1.54, 1.807) is 0 Å². The maximum absolute atomic E-state index is 5.86. The van der Waals surface area contributed by atoms with Gasteiger partial charge in [0.2, 0.25) is 0 Å². The van der Waals surface area contributed by atoms with Crippen LogP contribution in [-0.2, 0) is 12.8 Å². The van der Waals surface area contributed by atoms with Gasteiger partial charge in [0, 0.05) is 0 Å². The zero-order valence-corrected chi connectivity index (χ0v) is 12.5. The molecule has 0 aliphatic heterocycles. The molecule has 0 radical (unpaired) electrons. The minimum Gasteiger partial charge on any atom is -0.491 e. The maximum Gasteiger partial charge on any atom is 0.122 e. The number of benzene rings is 2. The predicted molar refractivity (Wildman–Crippen MR) is 85.3 cm³/mol. The first-order valence-corrected chi connectivity index (χ1v) is 7.54. The molecule has 0 aliphatic rings. The highest BCUT2D eigenvalue weighted by Crippen LogP contribution is 2.21. The third-order valence-electron chi connectivity index (χ3n) is 3.34. The smallest absolute Gasteiger partial charge is 0.122 e. The molecule has 0 saturated heterocycles. The van der Waals surface area contributed by atoms with Gasteiger partial charge in [0.1, 0.15) is 5.75 Å². The van der Waals surface area contributed by atoms with Crippen LogP contribution in [0.4, 0.5) is 0 Å². The highest BCUT2D eigenvalue weighted by atomic mass is 16.5. The van der Waals surface area contributed by atoms with Gasteiger partial charge in [0.25, 0.3) is 0 Å². The lowest BCUT2D eigenvalue weighted by Crippen LogP contribution is -2.07. The summed E-state index contributed by atoms with van der Waals surface area (Å²) in [4.78, 5) is 0. The summed E-state index contributed by atoms with van der Waals surface area (Å²) in [5, 5.41) is 0. The lowest BCUT2D eigenvalue weighted by Gasteiger charge is -2.14. The fourth-order valence-corrected chi connectivity index (χ4v) is 2.37. The Morgan fingerprint density at radius 2 is 1.45 bits per heavy atom. The van der Waals surface area contributed by atoms with E-state index in [2.05, 4.69) is 62.4 Å². The molecule has 0 unspecified atom stereocenters. The fraction of sp³-hybridized carbons (Fsp3) is 0.368. The van der Waals surface area contributed by atoms with Gasteiger partial charge in [-0.2, -0.15) is 0 Å². The molecule has 1 heteroatoms. The summed E-state index contributed by atoms with van der Waals surface area (Å²) in [6.07, 6.45) is 4.91. The summed E-state index contributed by atoms with van der Waals surface area (Å²) in [7, 11) is 0. The van der Waals surface area contributed by atoms with Gasteiger partial charge in [0.05, 0.1) is 6.10 Å². The van der Waals surface area contributed by atoms with E-state index in [1.165, 1.54) is 24.0 Å². The van der Waals surface area contributed by atoms with Crippen LogP contribution in [0.3, 0.4) is 0 Å². The zero-order valence-electron chi connectivity index (χ0n) is 12.5. The quantitative estimate of drug-likeness (QED) is 0.639. The Bertz CT molecular complexity index is 502. The number of hydrogen-bond acceptors (Lipinski definition) is 1. The Kier molecular flexibility index (Phi) is 5.67. The van der Waals surface area contributed by atoms with Gasteiger partial charge < -0.3 is 4.74 Å². The molecule has 1 nitrogen and oxygen atoms in total. The number of aryl methyl sites for hydroxylation is 2. The number of ether oxygens (including phenoxy) is 1. The van der Waals surface area contributed by atoms with E-state index in [1.807, 2.05) is 6.07 Å². The molecule has 2 rings (SSSR count). The highest BCUT2D eigenvalue weighted by Gasteiger charge is 2.04. The minimum atomic E-state index is 0.237. The largest absolute Gasteiger partial charge is 0.491 e. The van der Waals surface area contributed by atoms with E-state index in [4.69, 9.17) is 4.74 Å². The first kappa shape index (κ1) is 14.6. The average Bonchev–Trinajstić information content (AvgIpc) is 2.46. The third-order valence-corrected chi connectivity index (χ3v) is 3.34. The van der Waals surface area contributed by atoms with Crippen molar-refractivity contribution in [3.8, 4) is 5.75 Å². The zero-order chi connectivity index (χ0) is 14.2. The molecule has 0 N–H and O–H groups in total. The van der Waals surface area contributed by atoms with Crippen molar-refractivity contribution in [3.63, 3.8) is 0 Å². The van der Waals surface area contributed by atoms with Crippen molar-refractivity contribution < 1.29 is 4.74 Å².